The summed E-state index contributed by atoms with van der Waals surface area (Å²) < 4.78 is 22.8. The number of carbonyl (C=O) groups excluding carboxylic acids is 1. The molecule has 0 aliphatic rings. The molecule has 0 aliphatic heterocycles. The number of benzene rings is 1. The van der Waals surface area contributed by atoms with Gasteiger partial charge in [-0.15, -0.1) is 0 Å². The molecule has 0 aliphatic carbocycles. The monoisotopic (exact) mass is 299 g/mol. The first-order chi connectivity index (χ1) is 9.12. The van der Waals surface area contributed by atoms with Crippen LogP contribution in [0.4, 0.5) is 5.69 Å². The molecule has 0 saturated carbocycles. The van der Waals surface area contributed by atoms with E-state index in [-0.39, 0.29) is 10.8 Å². The fraction of sp³-hybridized carbons (Fsp3) is 0.462. The molecule has 1 rings (SSSR count). The van der Waals surface area contributed by atoms with Crippen LogP contribution in [0.1, 0.15) is 25.8 Å². The Balaban J connectivity index is 2.97. The van der Waals surface area contributed by atoms with E-state index in [0.29, 0.717) is 23.6 Å². The zero-order valence-corrected chi connectivity index (χ0v) is 12.7. The predicted octanol–water partition coefficient (Wildman–Crippen LogP) is 0.954. The molecule has 5 N–H and O–H groups in total. The Morgan fingerprint density at radius 3 is 2.45 bits per heavy atom. The average Bonchev–Trinajstić information content (AvgIpc) is 2.29. The third kappa shape index (κ3) is 4.29. The quantitative estimate of drug-likeness (QED) is 0.750. The van der Waals surface area contributed by atoms with E-state index in [0.717, 1.165) is 0 Å². The van der Waals surface area contributed by atoms with E-state index >= 15 is 0 Å². The molecule has 1 atom stereocenters. The minimum atomic E-state index is -3.81. The number of nitrogens with two attached hydrogens (primary N) is 2. The maximum Gasteiger partial charge on any atom is 0.241 e. The van der Waals surface area contributed by atoms with Gasteiger partial charge in [-0.05, 0) is 37.0 Å². The normalized spacial score (nSPS) is 13.3. The van der Waals surface area contributed by atoms with Crippen LogP contribution < -0.4 is 16.2 Å². The Bertz CT molecular complexity index is 597. The molecule has 0 radical (unpaired) electrons. The van der Waals surface area contributed by atoms with Crippen LogP contribution in [-0.2, 0) is 14.8 Å². The fourth-order valence-corrected chi connectivity index (χ4v) is 2.70. The molecule has 7 heteroatoms. The molecule has 0 heterocycles. The summed E-state index contributed by atoms with van der Waals surface area (Å²) in [6.45, 7) is 5.53. The second-order valence-electron chi connectivity index (χ2n) is 5.20. The van der Waals surface area contributed by atoms with Gasteiger partial charge < -0.3 is 11.1 Å². The summed E-state index contributed by atoms with van der Waals surface area (Å²) >= 11 is 0. The van der Waals surface area contributed by atoms with E-state index in [9.17, 15) is 13.2 Å². The highest BCUT2D eigenvalue weighted by Crippen LogP contribution is 2.22. The largest absolute Gasteiger partial charge is 0.324 e. The minimum Gasteiger partial charge on any atom is -0.324 e. The summed E-state index contributed by atoms with van der Waals surface area (Å²) in [6, 6.07) is 3.90. The minimum absolute atomic E-state index is 0.00673. The number of primary sulfonamides is 1. The summed E-state index contributed by atoms with van der Waals surface area (Å²) in [7, 11) is -3.81. The Morgan fingerprint density at radius 1 is 1.35 bits per heavy atom. The van der Waals surface area contributed by atoms with Crippen molar-refractivity contribution < 1.29 is 13.2 Å². The summed E-state index contributed by atoms with van der Waals surface area (Å²) in [6.07, 6.45) is 0.555. The third-order valence-corrected chi connectivity index (χ3v) is 3.97. The summed E-state index contributed by atoms with van der Waals surface area (Å²) in [5.41, 5.74) is 6.59. The van der Waals surface area contributed by atoms with E-state index in [4.69, 9.17) is 10.9 Å². The zero-order valence-electron chi connectivity index (χ0n) is 11.9. The number of carbonyl (C=O) groups is 1. The van der Waals surface area contributed by atoms with Gasteiger partial charge >= 0.3 is 0 Å². The standard InChI is InChI=1S/C13H21N3O3S/c1-8(2)7-10(14)13(17)16-11-5-4-6-12(9(11)3)20(15,18)19/h4-6,8,10H,7,14H2,1-3H3,(H,16,17)(H2,15,18,19). The van der Waals surface area contributed by atoms with E-state index in [1.807, 2.05) is 13.8 Å². The number of sulfonamides is 1. The van der Waals surface area contributed by atoms with E-state index in [1.165, 1.54) is 12.1 Å². The molecule has 6 nitrogen and oxygen atoms in total. The van der Waals surface area contributed by atoms with Gasteiger partial charge in [-0.2, -0.15) is 0 Å². The molecule has 0 saturated heterocycles. The van der Waals surface area contributed by atoms with Crippen LogP contribution in [-0.4, -0.2) is 20.4 Å². The van der Waals surface area contributed by atoms with Gasteiger partial charge in [0.05, 0.1) is 10.9 Å². The number of rotatable bonds is 5. The summed E-state index contributed by atoms with van der Waals surface area (Å²) in [5.74, 6) is -0.0408. The maximum absolute atomic E-state index is 11.9. The second kappa shape index (κ2) is 6.34. The third-order valence-electron chi connectivity index (χ3n) is 2.91. The van der Waals surface area contributed by atoms with Crippen molar-refractivity contribution >= 4 is 21.6 Å². The predicted molar refractivity (Wildman–Crippen MR) is 78.6 cm³/mol. The maximum atomic E-state index is 11.9. The zero-order chi connectivity index (χ0) is 15.5. The molecule has 20 heavy (non-hydrogen) atoms. The molecular weight excluding hydrogens is 278 g/mol. The van der Waals surface area contributed by atoms with Gasteiger partial charge in [0.2, 0.25) is 15.9 Å². The van der Waals surface area contributed by atoms with Crippen LogP contribution in [0.2, 0.25) is 0 Å². The van der Waals surface area contributed by atoms with Crippen molar-refractivity contribution in [1.29, 1.82) is 0 Å². The first kappa shape index (κ1) is 16.6. The molecule has 1 amide bonds. The Hall–Kier alpha value is -1.44. The average molecular weight is 299 g/mol. The Kier molecular flexibility index (Phi) is 5.27. The molecule has 1 aromatic rings. The van der Waals surface area contributed by atoms with Gasteiger partial charge in [0.25, 0.3) is 0 Å². The van der Waals surface area contributed by atoms with Crippen molar-refractivity contribution in [3.63, 3.8) is 0 Å². The van der Waals surface area contributed by atoms with Crippen LogP contribution in [0.25, 0.3) is 0 Å². The van der Waals surface area contributed by atoms with Crippen LogP contribution in [0.3, 0.4) is 0 Å². The Labute approximate surface area is 119 Å². The van der Waals surface area contributed by atoms with Gasteiger partial charge in [-0.25, -0.2) is 13.6 Å². The summed E-state index contributed by atoms with van der Waals surface area (Å²) in [4.78, 5) is 11.9. The Morgan fingerprint density at radius 2 is 1.95 bits per heavy atom. The van der Waals surface area contributed by atoms with Crippen molar-refractivity contribution in [1.82, 2.24) is 0 Å². The molecule has 0 aromatic heterocycles. The number of nitrogens with one attached hydrogen (secondary N) is 1. The van der Waals surface area contributed by atoms with E-state index in [2.05, 4.69) is 5.32 Å². The van der Waals surface area contributed by atoms with E-state index < -0.39 is 16.1 Å². The van der Waals surface area contributed by atoms with Gasteiger partial charge in [0.15, 0.2) is 0 Å². The molecule has 1 aromatic carbocycles. The van der Waals surface area contributed by atoms with E-state index in [1.54, 1.807) is 13.0 Å². The van der Waals surface area contributed by atoms with Crippen LogP contribution in [0.5, 0.6) is 0 Å². The molecule has 0 spiro atoms. The lowest BCUT2D eigenvalue weighted by Gasteiger charge is -2.16. The van der Waals surface area contributed by atoms with Crippen LogP contribution in [0.15, 0.2) is 23.1 Å². The van der Waals surface area contributed by atoms with Crippen molar-refractivity contribution in [2.75, 3.05) is 5.32 Å². The lowest BCUT2D eigenvalue weighted by atomic mass is 10.0. The van der Waals surface area contributed by atoms with Crippen LogP contribution >= 0.6 is 0 Å². The van der Waals surface area contributed by atoms with Crippen molar-refractivity contribution in [2.24, 2.45) is 16.8 Å². The molecule has 0 fully saturated rings. The van der Waals surface area contributed by atoms with Gasteiger partial charge in [0.1, 0.15) is 0 Å². The number of hydrogen-bond donors (Lipinski definition) is 3. The number of anilines is 1. The highest BCUT2D eigenvalue weighted by atomic mass is 32.2. The van der Waals surface area contributed by atoms with Crippen LogP contribution in [0, 0.1) is 12.8 Å². The first-order valence-corrected chi connectivity index (χ1v) is 7.86. The van der Waals surface area contributed by atoms with Gasteiger partial charge in [-0.3, -0.25) is 4.79 Å². The lowest BCUT2D eigenvalue weighted by molar-refractivity contribution is -0.117. The molecule has 112 valence electrons. The van der Waals surface area contributed by atoms with Gasteiger partial charge in [0, 0.05) is 5.69 Å². The first-order valence-electron chi connectivity index (χ1n) is 6.31. The smallest absolute Gasteiger partial charge is 0.241 e. The van der Waals surface area contributed by atoms with Crippen molar-refractivity contribution in [2.45, 2.75) is 38.1 Å². The van der Waals surface area contributed by atoms with Gasteiger partial charge in [-0.1, -0.05) is 19.9 Å². The highest BCUT2D eigenvalue weighted by Gasteiger charge is 2.18. The number of hydrogen-bond acceptors (Lipinski definition) is 4. The SMILES string of the molecule is Cc1c(NC(=O)C(N)CC(C)C)cccc1S(N)(=O)=O. The van der Waals surface area contributed by atoms with Crippen molar-refractivity contribution in [3.8, 4) is 0 Å². The number of amides is 1. The van der Waals surface area contributed by atoms with Crippen molar-refractivity contribution in [3.05, 3.63) is 23.8 Å². The summed E-state index contributed by atoms with van der Waals surface area (Å²) in [5, 5.41) is 7.76. The fourth-order valence-electron chi connectivity index (χ4n) is 1.90. The molecular formula is C13H21N3O3S. The molecule has 1 unspecified atom stereocenters. The highest BCUT2D eigenvalue weighted by molar-refractivity contribution is 7.89. The lowest BCUT2D eigenvalue weighted by Crippen LogP contribution is -2.36. The topological polar surface area (TPSA) is 115 Å². The second-order valence-corrected chi connectivity index (χ2v) is 6.73. The molecule has 0 bridgehead atoms.